The number of piperidine rings is 1. The third-order valence-electron chi connectivity index (χ3n) is 8.55. The molecule has 3 aromatic rings. The number of likely N-dealkylation sites (N-methyl/N-ethyl adjacent to an activating group) is 1. The van der Waals surface area contributed by atoms with Crippen molar-refractivity contribution in [3.63, 3.8) is 0 Å². The molecule has 0 aromatic heterocycles. The van der Waals surface area contributed by atoms with Gasteiger partial charge in [-0.05, 0) is 73.7 Å². The first-order valence-electron chi connectivity index (χ1n) is 15.6. The van der Waals surface area contributed by atoms with E-state index in [2.05, 4.69) is 46.6 Å². The number of carbonyl (C=O) groups excluding carboxylic acids is 2. The number of sulfone groups is 1. The van der Waals surface area contributed by atoms with Gasteiger partial charge < -0.3 is 15.1 Å². The summed E-state index contributed by atoms with van der Waals surface area (Å²) in [5, 5.41) is 3.02. The number of anilines is 1. The van der Waals surface area contributed by atoms with E-state index in [4.69, 9.17) is 0 Å². The molecule has 1 aliphatic rings. The normalized spacial score (nSPS) is 15.5. The van der Waals surface area contributed by atoms with Crippen LogP contribution in [-0.2, 0) is 25.8 Å². The third-order valence-corrected chi connectivity index (χ3v) is 9.68. The van der Waals surface area contributed by atoms with Gasteiger partial charge in [0.2, 0.25) is 11.8 Å². The summed E-state index contributed by atoms with van der Waals surface area (Å²) in [6.07, 6.45) is 4.31. The van der Waals surface area contributed by atoms with Gasteiger partial charge in [-0.25, -0.2) is 8.42 Å². The van der Waals surface area contributed by atoms with Crippen molar-refractivity contribution in [1.82, 2.24) is 9.80 Å². The Hall–Kier alpha value is -3.49. The van der Waals surface area contributed by atoms with Gasteiger partial charge in [0.1, 0.15) is 0 Å². The molecule has 1 saturated heterocycles. The zero-order valence-corrected chi connectivity index (χ0v) is 27.6. The van der Waals surface area contributed by atoms with E-state index in [9.17, 15) is 18.0 Å². The van der Waals surface area contributed by atoms with Crippen LogP contribution in [0.3, 0.4) is 0 Å². The van der Waals surface area contributed by atoms with Gasteiger partial charge in [0.05, 0.1) is 11.3 Å². The average Bonchev–Trinajstić information content (AvgIpc) is 2.99. The van der Waals surface area contributed by atoms with Crippen LogP contribution in [0, 0.1) is 5.41 Å². The Bertz CT molecular complexity index is 1490. The van der Waals surface area contributed by atoms with Gasteiger partial charge >= 0.3 is 0 Å². The van der Waals surface area contributed by atoms with Crippen molar-refractivity contribution in [2.75, 3.05) is 37.8 Å². The molecule has 0 radical (unpaired) electrons. The van der Waals surface area contributed by atoms with E-state index in [0.29, 0.717) is 6.54 Å². The lowest BCUT2D eigenvalue weighted by Crippen LogP contribution is -2.48. The highest BCUT2D eigenvalue weighted by Gasteiger charge is 2.28. The van der Waals surface area contributed by atoms with Gasteiger partial charge in [0, 0.05) is 49.0 Å². The molecule has 7 nitrogen and oxygen atoms in total. The molecule has 2 amide bonds. The molecule has 1 aliphatic heterocycles. The second-order valence-electron chi connectivity index (χ2n) is 12.9. The van der Waals surface area contributed by atoms with E-state index in [1.165, 1.54) is 17.4 Å². The molecular weight excluding hydrogens is 570 g/mol. The smallest absolute Gasteiger partial charge is 0.229 e. The summed E-state index contributed by atoms with van der Waals surface area (Å²) in [4.78, 5) is 30.4. The van der Waals surface area contributed by atoms with Crippen LogP contribution in [0.1, 0.15) is 69.6 Å². The quantitative estimate of drug-likeness (QED) is 0.279. The summed E-state index contributed by atoms with van der Waals surface area (Å²) in [5.74, 6) is 0.327. The van der Waals surface area contributed by atoms with Gasteiger partial charge in [0.25, 0.3) is 0 Å². The van der Waals surface area contributed by atoms with E-state index < -0.39 is 15.3 Å². The van der Waals surface area contributed by atoms with E-state index in [1.54, 1.807) is 24.3 Å². The Morgan fingerprint density at radius 2 is 1.50 bits per heavy atom. The molecule has 44 heavy (non-hydrogen) atoms. The van der Waals surface area contributed by atoms with Gasteiger partial charge in [0.15, 0.2) is 9.84 Å². The van der Waals surface area contributed by atoms with Crippen LogP contribution in [0.4, 0.5) is 5.69 Å². The number of benzene rings is 3. The highest BCUT2D eigenvalue weighted by Crippen LogP contribution is 2.30. The number of hydrogen-bond donors (Lipinski definition) is 1. The molecule has 236 valence electrons. The topological polar surface area (TPSA) is 86.8 Å². The number of likely N-dealkylation sites (tertiary alicyclic amines) is 1. The predicted molar refractivity (Wildman–Crippen MR) is 178 cm³/mol. The van der Waals surface area contributed by atoms with Crippen LogP contribution in [0.5, 0.6) is 0 Å². The van der Waals surface area contributed by atoms with Crippen molar-refractivity contribution in [2.45, 2.75) is 70.2 Å². The SMILES string of the molecule is CCN(C(=O)Cc1ccc(S(C)(=O)=O)cc1)C1CCN(CCC(c2ccccc2)c2ccc(NC(=O)C(C)(C)C)cc2)CC1. The number of nitrogens with one attached hydrogen (secondary N) is 1. The Labute approximate surface area is 263 Å². The fourth-order valence-electron chi connectivity index (χ4n) is 5.86. The molecule has 0 bridgehead atoms. The highest BCUT2D eigenvalue weighted by molar-refractivity contribution is 7.90. The highest BCUT2D eigenvalue weighted by atomic mass is 32.2. The fraction of sp³-hybridized carbons (Fsp3) is 0.444. The van der Waals surface area contributed by atoms with Crippen molar-refractivity contribution >= 4 is 27.3 Å². The maximum absolute atomic E-state index is 13.2. The molecule has 1 fully saturated rings. The number of amides is 2. The van der Waals surface area contributed by atoms with Gasteiger partial charge in [-0.2, -0.15) is 0 Å². The first-order valence-corrected chi connectivity index (χ1v) is 17.5. The molecule has 4 rings (SSSR count). The molecule has 0 spiro atoms. The van der Waals surface area contributed by atoms with Crippen molar-refractivity contribution in [3.05, 3.63) is 95.6 Å². The minimum Gasteiger partial charge on any atom is -0.340 e. The van der Waals surface area contributed by atoms with Crippen LogP contribution in [0.25, 0.3) is 0 Å². The van der Waals surface area contributed by atoms with Crippen LogP contribution >= 0.6 is 0 Å². The number of rotatable bonds is 11. The predicted octanol–water partition coefficient (Wildman–Crippen LogP) is 6.15. The molecule has 1 N–H and O–H groups in total. The first-order chi connectivity index (χ1) is 20.8. The second-order valence-corrected chi connectivity index (χ2v) is 14.9. The van der Waals surface area contributed by atoms with Crippen LogP contribution in [0.2, 0.25) is 0 Å². The summed E-state index contributed by atoms with van der Waals surface area (Å²) in [6, 6.07) is 25.7. The van der Waals surface area contributed by atoms with Crippen molar-refractivity contribution in [1.29, 1.82) is 0 Å². The summed E-state index contributed by atoms with van der Waals surface area (Å²) in [5.41, 5.74) is 3.69. The fourth-order valence-corrected chi connectivity index (χ4v) is 6.49. The van der Waals surface area contributed by atoms with Crippen LogP contribution in [0.15, 0.2) is 83.8 Å². The molecule has 8 heteroatoms. The molecule has 0 saturated carbocycles. The van der Waals surface area contributed by atoms with E-state index in [1.807, 2.05) is 50.8 Å². The zero-order chi connectivity index (χ0) is 31.9. The molecule has 1 atom stereocenters. The van der Waals surface area contributed by atoms with Gasteiger partial charge in [-0.1, -0.05) is 75.4 Å². The maximum atomic E-state index is 13.2. The lowest BCUT2D eigenvalue weighted by atomic mass is 9.88. The molecule has 0 aliphatic carbocycles. The number of hydrogen-bond acceptors (Lipinski definition) is 5. The first kappa shape index (κ1) is 33.4. The van der Waals surface area contributed by atoms with Crippen molar-refractivity contribution in [3.8, 4) is 0 Å². The Balaban J connectivity index is 1.34. The minimum absolute atomic E-state index is 0.000132. The second kappa shape index (κ2) is 14.5. The lowest BCUT2D eigenvalue weighted by Gasteiger charge is -2.38. The number of carbonyl (C=O) groups is 2. The Morgan fingerprint density at radius 3 is 2.05 bits per heavy atom. The van der Waals surface area contributed by atoms with Crippen molar-refractivity contribution in [2.24, 2.45) is 5.41 Å². The largest absolute Gasteiger partial charge is 0.340 e. The van der Waals surface area contributed by atoms with E-state index >= 15 is 0 Å². The molecule has 1 heterocycles. The summed E-state index contributed by atoms with van der Waals surface area (Å²) in [7, 11) is -3.26. The summed E-state index contributed by atoms with van der Waals surface area (Å²) >= 11 is 0. The Kier molecular flexibility index (Phi) is 11.0. The third kappa shape index (κ3) is 9.02. The maximum Gasteiger partial charge on any atom is 0.229 e. The monoisotopic (exact) mass is 617 g/mol. The molecular formula is C36H47N3O4S. The van der Waals surface area contributed by atoms with Crippen molar-refractivity contribution < 1.29 is 18.0 Å². The van der Waals surface area contributed by atoms with E-state index in [-0.39, 0.29) is 35.1 Å². The van der Waals surface area contributed by atoms with E-state index in [0.717, 1.165) is 50.1 Å². The van der Waals surface area contributed by atoms with Crippen LogP contribution in [-0.4, -0.2) is 68.5 Å². The van der Waals surface area contributed by atoms with Crippen LogP contribution < -0.4 is 5.32 Å². The summed E-state index contributed by atoms with van der Waals surface area (Å²) < 4.78 is 23.5. The van der Waals surface area contributed by atoms with Gasteiger partial charge in [-0.3, -0.25) is 9.59 Å². The molecule has 3 aromatic carbocycles. The summed E-state index contributed by atoms with van der Waals surface area (Å²) in [6.45, 7) is 11.3. The Morgan fingerprint density at radius 1 is 0.909 bits per heavy atom. The molecule has 1 unspecified atom stereocenters. The minimum atomic E-state index is -3.26. The lowest BCUT2D eigenvalue weighted by molar-refractivity contribution is -0.133. The number of nitrogens with zero attached hydrogens (tertiary/aromatic N) is 2. The standard InChI is InChI=1S/C36H47N3O4S/c1-6-39(34(40)26-27-12-18-32(19-13-27)44(5,42)43)31-20-23-38(24-21-31)25-22-33(28-10-8-7-9-11-28)29-14-16-30(17-15-29)37-35(41)36(2,3)4/h7-19,31,33H,6,20-26H2,1-5H3,(H,37,41). The average molecular weight is 618 g/mol. The van der Waals surface area contributed by atoms with Gasteiger partial charge in [-0.15, -0.1) is 0 Å². The zero-order valence-electron chi connectivity index (χ0n) is 26.8.